The Balaban J connectivity index is 1.68. The molecule has 1 N–H and O–H groups in total. The maximum atomic E-state index is 4.24. The zero-order chi connectivity index (χ0) is 9.80. The van der Waals surface area contributed by atoms with Crippen LogP contribution in [0.25, 0.3) is 0 Å². The first-order valence-electron chi connectivity index (χ1n) is 5.61. The lowest BCUT2D eigenvalue weighted by atomic mass is 10.3. The van der Waals surface area contributed by atoms with Gasteiger partial charge in [0.2, 0.25) is 0 Å². The van der Waals surface area contributed by atoms with Gasteiger partial charge in [-0.15, -0.1) is 0 Å². The molecule has 0 spiro atoms. The molecule has 1 aromatic heterocycles. The van der Waals surface area contributed by atoms with Gasteiger partial charge in [0.1, 0.15) is 0 Å². The van der Waals surface area contributed by atoms with E-state index in [1.807, 2.05) is 10.9 Å². The van der Waals surface area contributed by atoms with Crippen molar-refractivity contribution in [3.8, 4) is 0 Å². The van der Waals surface area contributed by atoms with Crippen molar-refractivity contribution in [2.75, 3.05) is 6.54 Å². The maximum Gasteiger partial charge on any atom is 0.0521 e. The van der Waals surface area contributed by atoms with Gasteiger partial charge < -0.3 is 5.32 Å². The molecule has 1 aliphatic rings. The minimum Gasteiger partial charge on any atom is -0.311 e. The topological polar surface area (TPSA) is 29.9 Å². The molecule has 78 valence electrons. The Kier molecular flexibility index (Phi) is 3.19. The maximum absolute atomic E-state index is 4.24. The molecule has 0 aromatic carbocycles. The summed E-state index contributed by atoms with van der Waals surface area (Å²) in [5.74, 6) is 1.03. The predicted octanol–water partition coefficient (Wildman–Crippen LogP) is 1.79. The van der Waals surface area contributed by atoms with E-state index in [9.17, 15) is 0 Å². The lowest BCUT2D eigenvalue weighted by Gasteiger charge is -2.06. The van der Waals surface area contributed by atoms with Crippen LogP contribution < -0.4 is 5.32 Å². The molecule has 0 bridgehead atoms. The highest BCUT2D eigenvalue weighted by atomic mass is 15.3. The van der Waals surface area contributed by atoms with Gasteiger partial charge in [-0.2, -0.15) is 5.10 Å². The Morgan fingerprint density at radius 3 is 3.14 bits per heavy atom. The summed E-state index contributed by atoms with van der Waals surface area (Å²) in [5, 5.41) is 7.71. The van der Waals surface area contributed by atoms with Gasteiger partial charge in [0.15, 0.2) is 0 Å². The van der Waals surface area contributed by atoms with Crippen LogP contribution in [0.3, 0.4) is 0 Å². The summed E-state index contributed by atoms with van der Waals surface area (Å²) in [6.07, 6.45) is 6.13. The van der Waals surface area contributed by atoms with Crippen LogP contribution in [-0.4, -0.2) is 16.3 Å². The van der Waals surface area contributed by atoms with Crippen LogP contribution in [0, 0.1) is 5.92 Å². The third-order valence-electron chi connectivity index (χ3n) is 2.84. The fourth-order valence-electron chi connectivity index (χ4n) is 1.72. The van der Waals surface area contributed by atoms with E-state index in [1.54, 1.807) is 0 Å². The summed E-state index contributed by atoms with van der Waals surface area (Å²) < 4.78 is 2.05. The minimum absolute atomic E-state index is 0.959. The fraction of sp³-hybridized carbons (Fsp3) is 0.727. The predicted molar refractivity (Wildman–Crippen MR) is 56.9 cm³/mol. The largest absolute Gasteiger partial charge is 0.311 e. The Hall–Kier alpha value is -0.830. The molecule has 3 heteroatoms. The molecule has 1 aliphatic carbocycles. The van der Waals surface area contributed by atoms with Gasteiger partial charge in [-0.3, -0.25) is 4.68 Å². The van der Waals surface area contributed by atoms with Crippen LogP contribution in [0.1, 0.15) is 31.9 Å². The van der Waals surface area contributed by atoms with Crippen LogP contribution >= 0.6 is 0 Å². The van der Waals surface area contributed by atoms with Crippen LogP contribution in [0.5, 0.6) is 0 Å². The van der Waals surface area contributed by atoms with E-state index in [4.69, 9.17) is 0 Å². The number of nitrogens with one attached hydrogen (secondary N) is 1. The monoisotopic (exact) mass is 193 g/mol. The molecule has 0 radical (unpaired) electrons. The van der Waals surface area contributed by atoms with Crippen LogP contribution in [0.15, 0.2) is 12.3 Å². The zero-order valence-corrected chi connectivity index (χ0v) is 8.87. The molecule has 0 atom stereocenters. The molecule has 3 nitrogen and oxygen atoms in total. The first-order chi connectivity index (χ1) is 6.90. The summed E-state index contributed by atoms with van der Waals surface area (Å²) >= 11 is 0. The normalized spacial score (nSPS) is 16.1. The van der Waals surface area contributed by atoms with Crippen molar-refractivity contribution in [1.82, 2.24) is 15.1 Å². The van der Waals surface area contributed by atoms with Crippen molar-refractivity contribution >= 4 is 0 Å². The van der Waals surface area contributed by atoms with E-state index in [-0.39, 0.29) is 0 Å². The van der Waals surface area contributed by atoms with Gasteiger partial charge in [0.05, 0.1) is 5.69 Å². The fourth-order valence-corrected chi connectivity index (χ4v) is 1.72. The van der Waals surface area contributed by atoms with E-state index in [1.165, 1.54) is 25.0 Å². The standard InChI is InChI=1S/C11H19N3/c1-2-14-11(6-8-13-14)9-12-7-5-10-3-4-10/h6,8,10,12H,2-5,7,9H2,1H3. The summed E-state index contributed by atoms with van der Waals surface area (Å²) in [6.45, 7) is 5.20. The Bertz CT molecular complexity index is 276. The summed E-state index contributed by atoms with van der Waals surface area (Å²) in [4.78, 5) is 0. The van der Waals surface area contributed by atoms with Crippen molar-refractivity contribution in [3.63, 3.8) is 0 Å². The third-order valence-corrected chi connectivity index (χ3v) is 2.84. The van der Waals surface area contributed by atoms with Gasteiger partial charge in [-0.1, -0.05) is 12.8 Å². The SMILES string of the molecule is CCn1nccc1CNCCC1CC1. The van der Waals surface area contributed by atoms with Gasteiger partial charge in [0.25, 0.3) is 0 Å². The third kappa shape index (κ3) is 2.58. The smallest absolute Gasteiger partial charge is 0.0521 e. The van der Waals surface area contributed by atoms with Crippen LogP contribution in [-0.2, 0) is 13.1 Å². The molecule has 0 aliphatic heterocycles. The number of aryl methyl sites for hydroxylation is 1. The minimum atomic E-state index is 0.959. The number of hydrogen-bond donors (Lipinski definition) is 1. The quantitative estimate of drug-likeness (QED) is 0.698. The number of nitrogens with zero attached hydrogens (tertiary/aromatic N) is 2. The molecule has 0 saturated heterocycles. The molecule has 14 heavy (non-hydrogen) atoms. The second-order valence-electron chi connectivity index (χ2n) is 4.05. The van der Waals surface area contributed by atoms with Gasteiger partial charge in [0, 0.05) is 19.3 Å². The molecule has 0 unspecified atom stereocenters. The average molecular weight is 193 g/mol. The van der Waals surface area contributed by atoms with Gasteiger partial charge in [-0.05, 0) is 31.9 Å². The second kappa shape index (κ2) is 4.60. The highest BCUT2D eigenvalue weighted by Gasteiger charge is 2.19. The van der Waals surface area contributed by atoms with Crippen molar-refractivity contribution in [3.05, 3.63) is 18.0 Å². The lowest BCUT2D eigenvalue weighted by molar-refractivity contribution is 0.561. The van der Waals surface area contributed by atoms with Crippen molar-refractivity contribution in [1.29, 1.82) is 0 Å². The first-order valence-corrected chi connectivity index (χ1v) is 5.61. The molecule has 2 rings (SSSR count). The molecular weight excluding hydrogens is 174 g/mol. The van der Waals surface area contributed by atoms with Crippen LogP contribution in [0.4, 0.5) is 0 Å². The summed E-state index contributed by atoms with van der Waals surface area (Å²) in [5.41, 5.74) is 1.29. The van der Waals surface area contributed by atoms with E-state index in [2.05, 4.69) is 23.4 Å². The van der Waals surface area contributed by atoms with E-state index < -0.39 is 0 Å². The second-order valence-corrected chi connectivity index (χ2v) is 4.05. The van der Waals surface area contributed by atoms with Crippen molar-refractivity contribution < 1.29 is 0 Å². The van der Waals surface area contributed by atoms with E-state index in [0.29, 0.717) is 0 Å². The number of hydrogen-bond acceptors (Lipinski definition) is 2. The van der Waals surface area contributed by atoms with Crippen LogP contribution in [0.2, 0.25) is 0 Å². The lowest BCUT2D eigenvalue weighted by Crippen LogP contribution is -2.18. The zero-order valence-electron chi connectivity index (χ0n) is 8.87. The molecule has 1 saturated carbocycles. The number of aromatic nitrogens is 2. The molecule has 0 amide bonds. The average Bonchev–Trinajstić information content (AvgIpc) is 2.91. The first kappa shape index (κ1) is 9.71. The van der Waals surface area contributed by atoms with Crippen molar-refractivity contribution in [2.45, 2.75) is 39.3 Å². The van der Waals surface area contributed by atoms with Crippen molar-refractivity contribution in [2.24, 2.45) is 5.92 Å². The van der Waals surface area contributed by atoms with Gasteiger partial charge >= 0.3 is 0 Å². The molecule has 1 aromatic rings. The Morgan fingerprint density at radius 1 is 1.57 bits per heavy atom. The summed E-state index contributed by atoms with van der Waals surface area (Å²) in [6, 6.07) is 2.09. The van der Waals surface area contributed by atoms with E-state index >= 15 is 0 Å². The Morgan fingerprint density at radius 2 is 2.43 bits per heavy atom. The molecule has 1 heterocycles. The highest BCUT2D eigenvalue weighted by molar-refractivity contribution is 4.99. The summed E-state index contributed by atoms with van der Waals surface area (Å²) in [7, 11) is 0. The van der Waals surface area contributed by atoms with Gasteiger partial charge in [-0.25, -0.2) is 0 Å². The molecule has 1 fully saturated rings. The molecular formula is C11H19N3. The highest BCUT2D eigenvalue weighted by Crippen LogP contribution is 2.31. The Labute approximate surface area is 85.5 Å². The van der Waals surface area contributed by atoms with E-state index in [0.717, 1.165) is 25.6 Å². The number of rotatable bonds is 6.